The third-order valence-electron chi connectivity index (χ3n) is 1.79. The number of aromatic nitrogens is 3. The molecule has 0 radical (unpaired) electrons. The Morgan fingerprint density at radius 2 is 2.36 bits per heavy atom. The van der Waals surface area contributed by atoms with Crippen LogP contribution in [0, 0.1) is 0 Å². The molecule has 5 nitrogen and oxygen atoms in total. The van der Waals surface area contributed by atoms with Crippen LogP contribution in [0.2, 0.25) is 0 Å². The summed E-state index contributed by atoms with van der Waals surface area (Å²) in [4.78, 5) is 0.263. The summed E-state index contributed by atoms with van der Waals surface area (Å²) in [7, 11) is 1.62. The zero-order valence-corrected chi connectivity index (χ0v) is 9.17. The van der Waals surface area contributed by atoms with Crippen LogP contribution in [0.1, 0.15) is 24.7 Å². The van der Waals surface area contributed by atoms with Crippen LogP contribution in [0.5, 0.6) is 0 Å². The maximum Gasteiger partial charge on any atom is 0.145 e. The molecule has 0 aromatic carbocycles. The lowest BCUT2D eigenvalue weighted by Crippen LogP contribution is -2.14. The smallest absolute Gasteiger partial charge is 0.145 e. The van der Waals surface area contributed by atoms with Crippen molar-refractivity contribution in [3.05, 3.63) is 11.4 Å². The minimum Gasteiger partial charge on any atom is -0.388 e. The van der Waals surface area contributed by atoms with Crippen LogP contribution in [-0.2, 0) is 17.9 Å². The van der Waals surface area contributed by atoms with Gasteiger partial charge >= 0.3 is 0 Å². The fraction of sp³-hybridized carbons (Fsp3) is 0.625. The highest BCUT2D eigenvalue weighted by Gasteiger charge is 2.13. The topological polar surface area (TPSA) is 66.0 Å². The minimum atomic E-state index is 0.263. The Kier molecular flexibility index (Phi) is 3.97. The highest BCUT2D eigenvalue weighted by Crippen LogP contribution is 2.07. The van der Waals surface area contributed by atoms with Crippen LogP contribution in [0.15, 0.2) is 0 Å². The molecular formula is C8H14N4OS. The third kappa shape index (κ3) is 2.27. The first kappa shape index (κ1) is 11.1. The molecule has 0 saturated carbocycles. The highest BCUT2D eigenvalue weighted by molar-refractivity contribution is 7.80. The summed E-state index contributed by atoms with van der Waals surface area (Å²) < 4.78 is 6.82. The molecule has 1 rings (SSSR count). The van der Waals surface area contributed by atoms with E-state index >= 15 is 0 Å². The van der Waals surface area contributed by atoms with Gasteiger partial charge in [0.05, 0.1) is 12.3 Å². The van der Waals surface area contributed by atoms with E-state index in [0.717, 1.165) is 18.7 Å². The largest absolute Gasteiger partial charge is 0.388 e. The summed E-state index contributed by atoms with van der Waals surface area (Å²) in [5, 5.41) is 7.88. The van der Waals surface area contributed by atoms with E-state index in [1.54, 1.807) is 11.8 Å². The van der Waals surface area contributed by atoms with Crippen LogP contribution in [0.25, 0.3) is 0 Å². The normalized spacial score (nSPS) is 10.4. The lowest BCUT2D eigenvalue weighted by molar-refractivity contribution is 0.176. The van der Waals surface area contributed by atoms with Crippen LogP contribution >= 0.6 is 12.2 Å². The van der Waals surface area contributed by atoms with Crippen molar-refractivity contribution in [1.82, 2.24) is 15.0 Å². The highest BCUT2D eigenvalue weighted by atomic mass is 32.1. The summed E-state index contributed by atoms with van der Waals surface area (Å²) >= 11 is 4.87. The Hall–Kier alpha value is -1.01. The predicted octanol–water partition coefficient (Wildman–Crippen LogP) is 0.469. The van der Waals surface area contributed by atoms with E-state index in [1.165, 1.54) is 0 Å². The Bertz CT molecular complexity index is 323. The average molecular weight is 214 g/mol. The molecule has 0 bridgehead atoms. The second kappa shape index (κ2) is 5.02. The maximum absolute atomic E-state index is 5.51. The summed E-state index contributed by atoms with van der Waals surface area (Å²) in [5.74, 6) is 0. The van der Waals surface area contributed by atoms with Gasteiger partial charge in [-0.15, -0.1) is 5.10 Å². The standard InChI is InChI=1S/C8H14N4OS/c1-3-4-12-6(5-13-2)7(8(9)14)10-11-12/h3-5H2,1-2H3,(H2,9,14). The zero-order valence-electron chi connectivity index (χ0n) is 8.36. The van der Waals surface area contributed by atoms with Crippen molar-refractivity contribution in [3.63, 3.8) is 0 Å². The van der Waals surface area contributed by atoms with Gasteiger partial charge in [-0.1, -0.05) is 24.4 Å². The summed E-state index contributed by atoms with van der Waals surface area (Å²) in [5.41, 5.74) is 6.93. The van der Waals surface area contributed by atoms with Crippen molar-refractivity contribution in [2.75, 3.05) is 7.11 Å². The van der Waals surface area contributed by atoms with Gasteiger partial charge in [0.25, 0.3) is 0 Å². The molecule has 14 heavy (non-hydrogen) atoms. The summed E-state index contributed by atoms with van der Waals surface area (Å²) in [6.45, 7) is 3.30. The molecule has 0 aliphatic rings. The molecule has 0 atom stereocenters. The Morgan fingerprint density at radius 3 is 2.86 bits per heavy atom. The Balaban J connectivity index is 3.00. The van der Waals surface area contributed by atoms with Gasteiger partial charge < -0.3 is 10.5 Å². The molecule has 2 N–H and O–H groups in total. The van der Waals surface area contributed by atoms with E-state index < -0.39 is 0 Å². The number of rotatable bonds is 5. The van der Waals surface area contributed by atoms with Gasteiger partial charge in [0.1, 0.15) is 10.7 Å². The van der Waals surface area contributed by atoms with Crippen molar-refractivity contribution in [2.24, 2.45) is 5.73 Å². The molecular weight excluding hydrogens is 200 g/mol. The van der Waals surface area contributed by atoms with Crippen LogP contribution in [0.4, 0.5) is 0 Å². The second-order valence-electron chi connectivity index (χ2n) is 2.91. The number of ether oxygens (including phenoxy) is 1. The van der Waals surface area contributed by atoms with E-state index in [-0.39, 0.29) is 4.99 Å². The second-order valence-corrected chi connectivity index (χ2v) is 3.34. The molecule has 0 amide bonds. The number of methoxy groups -OCH3 is 1. The molecule has 0 saturated heterocycles. The van der Waals surface area contributed by atoms with Crippen molar-refractivity contribution in [2.45, 2.75) is 26.5 Å². The van der Waals surface area contributed by atoms with Gasteiger partial charge in [0, 0.05) is 13.7 Å². The van der Waals surface area contributed by atoms with Crippen molar-refractivity contribution >= 4 is 17.2 Å². The fourth-order valence-corrected chi connectivity index (χ4v) is 1.35. The SMILES string of the molecule is CCCn1nnc(C(N)=S)c1COC. The lowest BCUT2D eigenvalue weighted by atomic mass is 10.3. The van der Waals surface area contributed by atoms with Crippen LogP contribution in [-0.4, -0.2) is 27.1 Å². The van der Waals surface area contributed by atoms with Crippen molar-refractivity contribution in [3.8, 4) is 0 Å². The van der Waals surface area contributed by atoms with E-state index in [9.17, 15) is 0 Å². The van der Waals surface area contributed by atoms with Gasteiger partial charge in [0.15, 0.2) is 0 Å². The Labute approximate surface area is 88.2 Å². The number of hydrogen-bond donors (Lipinski definition) is 1. The molecule has 6 heteroatoms. The predicted molar refractivity (Wildman–Crippen MR) is 56.9 cm³/mol. The molecule has 0 unspecified atom stereocenters. The first-order chi connectivity index (χ1) is 6.70. The summed E-state index contributed by atoms with van der Waals surface area (Å²) in [6, 6.07) is 0. The number of hydrogen-bond acceptors (Lipinski definition) is 4. The average Bonchev–Trinajstić information content (AvgIpc) is 2.50. The van der Waals surface area contributed by atoms with Gasteiger partial charge in [-0.05, 0) is 6.42 Å². The maximum atomic E-state index is 5.51. The number of nitrogens with zero attached hydrogens (tertiary/aromatic N) is 3. The third-order valence-corrected chi connectivity index (χ3v) is 1.98. The Morgan fingerprint density at radius 1 is 1.64 bits per heavy atom. The molecule has 0 aliphatic heterocycles. The molecule has 78 valence electrons. The van der Waals surface area contributed by atoms with Crippen LogP contribution in [0.3, 0.4) is 0 Å². The van der Waals surface area contributed by atoms with E-state index in [4.69, 9.17) is 22.7 Å². The number of aryl methyl sites for hydroxylation is 1. The van der Waals surface area contributed by atoms with Gasteiger partial charge in [-0.3, -0.25) is 0 Å². The molecule has 1 aromatic rings. The summed E-state index contributed by atoms with van der Waals surface area (Å²) in [6.07, 6.45) is 0.983. The van der Waals surface area contributed by atoms with Crippen molar-refractivity contribution < 1.29 is 4.74 Å². The van der Waals surface area contributed by atoms with Gasteiger partial charge in [0.2, 0.25) is 0 Å². The van der Waals surface area contributed by atoms with Crippen LogP contribution < -0.4 is 5.73 Å². The molecule has 0 aliphatic carbocycles. The molecule has 0 fully saturated rings. The molecule has 1 heterocycles. The van der Waals surface area contributed by atoms with E-state index in [1.807, 2.05) is 0 Å². The monoisotopic (exact) mass is 214 g/mol. The van der Waals surface area contributed by atoms with Gasteiger partial charge in [-0.25, -0.2) is 4.68 Å². The first-order valence-electron chi connectivity index (χ1n) is 4.41. The molecule has 1 aromatic heterocycles. The molecule has 0 spiro atoms. The first-order valence-corrected chi connectivity index (χ1v) is 4.82. The van der Waals surface area contributed by atoms with Crippen molar-refractivity contribution in [1.29, 1.82) is 0 Å². The minimum absolute atomic E-state index is 0.263. The fourth-order valence-electron chi connectivity index (χ4n) is 1.20. The lowest BCUT2D eigenvalue weighted by Gasteiger charge is -2.04. The number of nitrogens with two attached hydrogens (primary N) is 1. The zero-order chi connectivity index (χ0) is 10.6. The van der Waals surface area contributed by atoms with E-state index in [2.05, 4.69) is 17.2 Å². The van der Waals surface area contributed by atoms with E-state index in [0.29, 0.717) is 12.3 Å². The quantitative estimate of drug-likeness (QED) is 0.722. The van der Waals surface area contributed by atoms with Gasteiger partial charge in [-0.2, -0.15) is 0 Å². The number of thiocarbonyl (C=S) groups is 1.